The third kappa shape index (κ3) is 1.57. The molecule has 0 amide bonds. The molecule has 0 saturated carbocycles. The van der Waals surface area contributed by atoms with Crippen LogP contribution in [0.5, 0.6) is 0 Å². The van der Waals surface area contributed by atoms with Crippen LogP contribution in [0, 0.1) is 0 Å². The number of aromatic amines is 1. The minimum absolute atomic E-state index is 0.267. The van der Waals surface area contributed by atoms with Gasteiger partial charge < -0.3 is 10.7 Å². The predicted molar refractivity (Wildman–Crippen MR) is 48.9 cm³/mol. The first-order valence-corrected chi connectivity index (χ1v) is 4.03. The van der Waals surface area contributed by atoms with Crippen LogP contribution in [0.3, 0.4) is 0 Å². The number of nitrogens with zero attached hydrogens (tertiary/aromatic N) is 2. The smallest absolute Gasteiger partial charge is 0.129 e. The van der Waals surface area contributed by atoms with Crippen molar-refractivity contribution in [2.24, 2.45) is 5.73 Å². The lowest BCUT2D eigenvalue weighted by Gasteiger charge is -2.06. The third-order valence-corrected chi connectivity index (χ3v) is 1.82. The van der Waals surface area contributed by atoms with Gasteiger partial charge in [0.2, 0.25) is 0 Å². The number of H-pyrrole nitrogens is 1. The van der Waals surface area contributed by atoms with Gasteiger partial charge in [0.05, 0.1) is 5.69 Å². The number of nitrogens with two attached hydrogens (primary N) is 1. The van der Waals surface area contributed by atoms with Gasteiger partial charge in [0.1, 0.15) is 11.9 Å². The van der Waals surface area contributed by atoms with Crippen molar-refractivity contribution in [3.05, 3.63) is 48.3 Å². The second-order valence-corrected chi connectivity index (χ2v) is 2.71. The Morgan fingerprint density at radius 2 is 2.15 bits per heavy atom. The van der Waals surface area contributed by atoms with Crippen LogP contribution in [-0.2, 0) is 0 Å². The molecule has 0 fully saturated rings. The number of hydrogen-bond donors (Lipinski definition) is 2. The number of imidazole rings is 1. The Morgan fingerprint density at radius 1 is 1.23 bits per heavy atom. The van der Waals surface area contributed by atoms with E-state index < -0.39 is 0 Å². The van der Waals surface area contributed by atoms with Gasteiger partial charge in [-0.15, -0.1) is 0 Å². The largest absolute Gasteiger partial charge is 0.347 e. The van der Waals surface area contributed by atoms with Gasteiger partial charge in [-0.05, 0) is 12.1 Å². The zero-order valence-electron chi connectivity index (χ0n) is 7.01. The van der Waals surface area contributed by atoms with Crippen LogP contribution >= 0.6 is 0 Å². The molecule has 0 radical (unpaired) electrons. The normalized spacial score (nSPS) is 12.7. The van der Waals surface area contributed by atoms with Crippen molar-refractivity contribution < 1.29 is 0 Å². The summed E-state index contributed by atoms with van der Waals surface area (Å²) in [5, 5.41) is 0. The lowest BCUT2D eigenvalue weighted by atomic mass is 10.2. The SMILES string of the molecule is NC(c1ccccn1)c1ncc[nH]1. The molecule has 1 atom stereocenters. The molecule has 0 spiro atoms. The van der Waals surface area contributed by atoms with E-state index in [2.05, 4.69) is 15.0 Å². The molecule has 2 aromatic rings. The highest BCUT2D eigenvalue weighted by Gasteiger charge is 2.10. The van der Waals surface area contributed by atoms with Crippen LogP contribution in [0.1, 0.15) is 17.6 Å². The number of rotatable bonds is 2. The molecule has 66 valence electrons. The maximum Gasteiger partial charge on any atom is 0.129 e. The molecule has 0 saturated heterocycles. The van der Waals surface area contributed by atoms with E-state index in [1.165, 1.54) is 0 Å². The molecule has 2 aromatic heterocycles. The number of hydrogen-bond acceptors (Lipinski definition) is 3. The van der Waals surface area contributed by atoms with Gasteiger partial charge >= 0.3 is 0 Å². The summed E-state index contributed by atoms with van der Waals surface area (Å²) < 4.78 is 0. The van der Waals surface area contributed by atoms with Crippen molar-refractivity contribution in [2.75, 3.05) is 0 Å². The van der Waals surface area contributed by atoms with E-state index in [1.807, 2.05) is 18.2 Å². The third-order valence-electron chi connectivity index (χ3n) is 1.82. The van der Waals surface area contributed by atoms with E-state index in [1.54, 1.807) is 18.6 Å². The maximum atomic E-state index is 5.90. The summed E-state index contributed by atoms with van der Waals surface area (Å²) in [6.07, 6.45) is 5.15. The van der Waals surface area contributed by atoms with Gasteiger partial charge in [0.25, 0.3) is 0 Å². The molecule has 2 heterocycles. The summed E-state index contributed by atoms with van der Waals surface area (Å²) in [5.74, 6) is 0.735. The first-order valence-electron chi connectivity index (χ1n) is 4.03. The maximum absolute atomic E-state index is 5.90. The summed E-state index contributed by atoms with van der Waals surface area (Å²) in [4.78, 5) is 11.2. The van der Waals surface area contributed by atoms with E-state index in [-0.39, 0.29) is 6.04 Å². The quantitative estimate of drug-likeness (QED) is 0.709. The van der Waals surface area contributed by atoms with E-state index in [0.29, 0.717) is 0 Å². The number of nitrogens with one attached hydrogen (secondary N) is 1. The molecule has 4 nitrogen and oxygen atoms in total. The summed E-state index contributed by atoms with van der Waals surface area (Å²) >= 11 is 0. The second-order valence-electron chi connectivity index (χ2n) is 2.71. The van der Waals surface area contributed by atoms with Gasteiger partial charge in [0.15, 0.2) is 0 Å². The molecular formula is C9H10N4. The first kappa shape index (κ1) is 7.94. The Kier molecular flexibility index (Phi) is 2.06. The average molecular weight is 174 g/mol. The van der Waals surface area contributed by atoms with E-state index in [4.69, 9.17) is 5.73 Å². The van der Waals surface area contributed by atoms with E-state index >= 15 is 0 Å². The van der Waals surface area contributed by atoms with Crippen LogP contribution < -0.4 is 5.73 Å². The molecule has 0 aliphatic heterocycles. The van der Waals surface area contributed by atoms with Crippen LogP contribution in [-0.4, -0.2) is 15.0 Å². The molecule has 3 N–H and O–H groups in total. The molecule has 1 unspecified atom stereocenters. The van der Waals surface area contributed by atoms with Crippen molar-refractivity contribution in [3.63, 3.8) is 0 Å². The van der Waals surface area contributed by atoms with Gasteiger partial charge in [-0.25, -0.2) is 4.98 Å². The Bertz CT molecular complexity index is 354. The standard InChI is InChI=1S/C9H10N4/c10-8(9-12-5-6-13-9)7-3-1-2-4-11-7/h1-6,8H,10H2,(H,12,13). The Hall–Kier alpha value is -1.68. The molecule has 4 heteroatoms. The molecule has 0 aliphatic carbocycles. The van der Waals surface area contributed by atoms with Crippen molar-refractivity contribution in [2.45, 2.75) is 6.04 Å². The van der Waals surface area contributed by atoms with Crippen molar-refractivity contribution in [1.82, 2.24) is 15.0 Å². The van der Waals surface area contributed by atoms with E-state index in [0.717, 1.165) is 11.5 Å². The topological polar surface area (TPSA) is 67.6 Å². The highest BCUT2D eigenvalue weighted by molar-refractivity contribution is 5.15. The molecule has 0 aliphatic rings. The fraction of sp³-hybridized carbons (Fsp3) is 0.111. The highest BCUT2D eigenvalue weighted by Crippen LogP contribution is 2.11. The van der Waals surface area contributed by atoms with Crippen LogP contribution in [0.15, 0.2) is 36.8 Å². The van der Waals surface area contributed by atoms with Gasteiger partial charge in [-0.1, -0.05) is 6.07 Å². The van der Waals surface area contributed by atoms with Crippen LogP contribution in [0.25, 0.3) is 0 Å². The fourth-order valence-electron chi connectivity index (χ4n) is 1.15. The number of aromatic nitrogens is 3. The van der Waals surface area contributed by atoms with E-state index in [9.17, 15) is 0 Å². The van der Waals surface area contributed by atoms with Gasteiger partial charge in [-0.3, -0.25) is 4.98 Å². The Morgan fingerprint density at radius 3 is 2.77 bits per heavy atom. The second kappa shape index (κ2) is 3.37. The number of pyridine rings is 1. The van der Waals surface area contributed by atoms with Crippen LogP contribution in [0.4, 0.5) is 0 Å². The van der Waals surface area contributed by atoms with Crippen molar-refractivity contribution >= 4 is 0 Å². The fourth-order valence-corrected chi connectivity index (χ4v) is 1.15. The zero-order valence-corrected chi connectivity index (χ0v) is 7.01. The van der Waals surface area contributed by atoms with Gasteiger partial charge in [0, 0.05) is 18.6 Å². The van der Waals surface area contributed by atoms with Crippen molar-refractivity contribution in [3.8, 4) is 0 Å². The molecule has 2 rings (SSSR count). The molecule has 0 aromatic carbocycles. The van der Waals surface area contributed by atoms with Crippen LogP contribution in [0.2, 0.25) is 0 Å². The Balaban J connectivity index is 2.29. The van der Waals surface area contributed by atoms with Gasteiger partial charge in [-0.2, -0.15) is 0 Å². The Labute approximate surface area is 75.8 Å². The summed E-state index contributed by atoms with van der Waals surface area (Å²) in [5.41, 5.74) is 6.72. The summed E-state index contributed by atoms with van der Waals surface area (Å²) in [6, 6.07) is 5.38. The average Bonchev–Trinajstić information content (AvgIpc) is 2.71. The lowest BCUT2D eigenvalue weighted by molar-refractivity contribution is 0.770. The predicted octanol–water partition coefficient (Wildman–Crippen LogP) is 0.853. The highest BCUT2D eigenvalue weighted by atomic mass is 14.9. The first-order chi connectivity index (χ1) is 6.38. The lowest BCUT2D eigenvalue weighted by Crippen LogP contribution is -2.14. The van der Waals surface area contributed by atoms with Crippen molar-refractivity contribution in [1.29, 1.82) is 0 Å². The molecule has 13 heavy (non-hydrogen) atoms. The molecule has 0 bridgehead atoms. The summed E-state index contributed by atoms with van der Waals surface area (Å²) in [6.45, 7) is 0. The monoisotopic (exact) mass is 174 g/mol. The minimum Gasteiger partial charge on any atom is -0.347 e. The minimum atomic E-state index is -0.267. The zero-order chi connectivity index (χ0) is 9.10. The molecular weight excluding hydrogens is 164 g/mol. The summed E-state index contributed by atoms with van der Waals surface area (Å²) in [7, 11) is 0.